The Hall–Kier alpha value is -2.93. The number of nitrogens with one attached hydrogen (secondary N) is 2. The van der Waals surface area contributed by atoms with Crippen LogP contribution in [0.2, 0.25) is 0 Å². The Morgan fingerprint density at radius 3 is 2.81 bits per heavy atom. The standard InChI is InChI=1S/C19H18N4O2S/c24-18(14-6-7-26-12-14)22-15-8-17-16(10-21-23(17)11-15)19(25)20-9-13-4-2-1-3-5-13/h1-7,10,12,15H,8-9,11H2,(H,20,25)(H,22,24)/t15-/m0/s1. The fraction of sp³-hybridized carbons (Fsp3) is 0.211. The molecule has 2 aromatic heterocycles. The average molecular weight is 366 g/mol. The zero-order valence-corrected chi connectivity index (χ0v) is 14.8. The zero-order chi connectivity index (χ0) is 17.9. The predicted molar refractivity (Wildman–Crippen MR) is 99.1 cm³/mol. The Balaban J connectivity index is 1.38. The van der Waals surface area contributed by atoms with Crippen molar-refractivity contribution in [3.05, 3.63) is 75.7 Å². The Labute approximate surface area is 154 Å². The van der Waals surface area contributed by atoms with E-state index in [1.165, 1.54) is 11.3 Å². The number of amides is 2. The fourth-order valence-corrected chi connectivity index (χ4v) is 3.75. The lowest BCUT2D eigenvalue weighted by molar-refractivity contribution is 0.0935. The van der Waals surface area contributed by atoms with E-state index < -0.39 is 0 Å². The lowest BCUT2D eigenvalue weighted by atomic mass is 10.1. The number of aromatic nitrogens is 2. The molecule has 1 aliphatic heterocycles. The molecule has 4 rings (SSSR count). The summed E-state index contributed by atoms with van der Waals surface area (Å²) in [4.78, 5) is 24.7. The van der Waals surface area contributed by atoms with Crippen molar-refractivity contribution in [2.75, 3.05) is 0 Å². The van der Waals surface area contributed by atoms with Gasteiger partial charge in [0.15, 0.2) is 0 Å². The molecule has 0 unspecified atom stereocenters. The van der Waals surface area contributed by atoms with E-state index >= 15 is 0 Å². The summed E-state index contributed by atoms with van der Waals surface area (Å²) in [6.07, 6.45) is 2.20. The van der Waals surface area contributed by atoms with Gasteiger partial charge in [0.05, 0.1) is 30.0 Å². The molecule has 26 heavy (non-hydrogen) atoms. The van der Waals surface area contributed by atoms with E-state index in [9.17, 15) is 9.59 Å². The van der Waals surface area contributed by atoms with Crippen molar-refractivity contribution in [3.63, 3.8) is 0 Å². The average Bonchev–Trinajstić information content (AvgIpc) is 3.37. The van der Waals surface area contributed by atoms with Gasteiger partial charge in [-0.3, -0.25) is 14.3 Å². The molecule has 0 radical (unpaired) electrons. The zero-order valence-electron chi connectivity index (χ0n) is 14.0. The van der Waals surface area contributed by atoms with Crippen molar-refractivity contribution >= 4 is 23.2 Å². The van der Waals surface area contributed by atoms with Crippen molar-refractivity contribution in [1.82, 2.24) is 20.4 Å². The van der Waals surface area contributed by atoms with Gasteiger partial charge >= 0.3 is 0 Å². The van der Waals surface area contributed by atoms with Gasteiger partial charge in [0.2, 0.25) is 0 Å². The van der Waals surface area contributed by atoms with Crippen LogP contribution in [0, 0.1) is 0 Å². The van der Waals surface area contributed by atoms with Gasteiger partial charge in [-0.2, -0.15) is 16.4 Å². The summed E-state index contributed by atoms with van der Waals surface area (Å²) in [5.74, 6) is -0.225. The third-order valence-corrected chi connectivity index (χ3v) is 5.12. The van der Waals surface area contributed by atoms with Crippen molar-refractivity contribution in [1.29, 1.82) is 0 Å². The van der Waals surface area contributed by atoms with Crippen LogP contribution in [0.15, 0.2) is 53.4 Å². The van der Waals surface area contributed by atoms with Crippen LogP contribution in [0.25, 0.3) is 0 Å². The van der Waals surface area contributed by atoms with Gasteiger partial charge in [0.25, 0.3) is 11.8 Å². The summed E-state index contributed by atoms with van der Waals surface area (Å²) in [5.41, 5.74) is 3.16. The lowest BCUT2D eigenvalue weighted by Crippen LogP contribution is -2.36. The third kappa shape index (κ3) is 3.39. The van der Waals surface area contributed by atoms with E-state index in [0.29, 0.717) is 30.6 Å². The van der Waals surface area contributed by atoms with Gasteiger partial charge < -0.3 is 10.6 Å². The van der Waals surface area contributed by atoms with Gasteiger partial charge in [-0.15, -0.1) is 0 Å². The van der Waals surface area contributed by atoms with Crippen molar-refractivity contribution in [3.8, 4) is 0 Å². The molecule has 3 heterocycles. The first kappa shape index (κ1) is 16.5. The maximum atomic E-state index is 12.5. The maximum Gasteiger partial charge on any atom is 0.255 e. The molecule has 2 amide bonds. The quantitative estimate of drug-likeness (QED) is 0.727. The number of hydrogen-bond acceptors (Lipinski definition) is 4. The first-order valence-corrected chi connectivity index (χ1v) is 9.35. The number of carbonyl (C=O) groups excluding carboxylic acids is 2. The van der Waals surface area contributed by atoms with Crippen molar-refractivity contribution in [2.24, 2.45) is 0 Å². The van der Waals surface area contributed by atoms with E-state index in [4.69, 9.17) is 0 Å². The minimum absolute atomic E-state index is 0.0493. The summed E-state index contributed by atoms with van der Waals surface area (Å²) in [6, 6.07) is 11.5. The highest BCUT2D eigenvalue weighted by Crippen LogP contribution is 2.19. The maximum absolute atomic E-state index is 12.5. The van der Waals surface area contributed by atoms with Gasteiger partial charge in [0.1, 0.15) is 0 Å². The molecule has 3 aromatic rings. The normalized spacial score (nSPS) is 15.5. The highest BCUT2D eigenvalue weighted by Gasteiger charge is 2.29. The number of hydrogen-bond donors (Lipinski definition) is 2. The van der Waals surface area contributed by atoms with Crippen LogP contribution < -0.4 is 10.6 Å². The van der Waals surface area contributed by atoms with Crippen LogP contribution in [-0.4, -0.2) is 27.6 Å². The van der Waals surface area contributed by atoms with Crippen LogP contribution >= 0.6 is 11.3 Å². The highest BCUT2D eigenvalue weighted by atomic mass is 32.1. The van der Waals surface area contributed by atoms with Crippen molar-refractivity contribution in [2.45, 2.75) is 25.6 Å². The molecule has 0 aliphatic carbocycles. The summed E-state index contributed by atoms with van der Waals surface area (Å²) >= 11 is 1.49. The molecule has 6 nitrogen and oxygen atoms in total. The highest BCUT2D eigenvalue weighted by molar-refractivity contribution is 7.08. The summed E-state index contributed by atoms with van der Waals surface area (Å²) in [6.45, 7) is 1.06. The molecule has 1 atom stereocenters. The first-order chi connectivity index (χ1) is 12.7. The Bertz CT molecular complexity index is 918. The van der Waals surface area contributed by atoms with Gasteiger partial charge in [0, 0.05) is 23.9 Å². The Kier molecular flexibility index (Phi) is 4.53. The smallest absolute Gasteiger partial charge is 0.255 e. The second-order valence-corrected chi connectivity index (χ2v) is 7.02. The second kappa shape index (κ2) is 7.13. The third-order valence-electron chi connectivity index (χ3n) is 4.44. The number of thiophene rings is 1. The molecular formula is C19H18N4O2S. The molecule has 0 saturated carbocycles. The Morgan fingerprint density at radius 1 is 1.19 bits per heavy atom. The fourth-order valence-electron chi connectivity index (χ4n) is 3.11. The molecule has 1 aliphatic rings. The van der Waals surface area contributed by atoms with Gasteiger partial charge in [-0.25, -0.2) is 0 Å². The number of carbonyl (C=O) groups is 2. The first-order valence-electron chi connectivity index (χ1n) is 8.40. The lowest BCUT2D eigenvalue weighted by Gasteiger charge is -2.11. The van der Waals surface area contributed by atoms with E-state index in [1.54, 1.807) is 16.9 Å². The van der Waals surface area contributed by atoms with Crippen LogP contribution in [0.5, 0.6) is 0 Å². The predicted octanol–water partition coefficient (Wildman–Crippen LogP) is 2.23. The molecule has 132 valence electrons. The van der Waals surface area contributed by atoms with E-state index in [-0.39, 0.29) is 17.9 Å². The topological polar surface area (TPSA) is 76.0 Å². The molecular weight excluding hydrogens is 348 g/mol. The molecule has 0 fully saturated rings. The minimum atomic E-state index is -0.139. The number of rotatable bonds is 5. The Morgan fingerprint density at radius 2 is 2.04 bits per heavy atom. The number of nitrogens with zero attached hydrogens (tertiary/aromatic N) is 2. The van der Waals surface area contributed by atoms with Gasteiger partial charge in [-0.05, 0) is 17.0 Å². The summed E-state index contributed by atoms with van der Waals surface area (Å²) in [7, 11) is 0. The van der Waals surface area contributed by atoms with Crippen LogP contribution in [0.3, 0.4) is 0 Å². The van der Waals surface area contributed by atoms with E-state index in [0.717, 1.165) is 11.3 Å². The van der Waals surface area contributed by atoms with E-state index in [2.05, 4.69) is 15.7 Å². The molecule has 7 heteroatoms. The van der Waals surface area contributed by atoms with Crippen LogP contribution in [-0.2, 0) is 19.5 Å². The molecule has 0 spiro atoms. The minimum Gasteiger partial charge on any atom is -0.348 e. The molecule has 1 aromatic carbocycles. The monoisotopic (exact) mass is 366 g/mol. The van der Waals surface area contributed by atoms with Crippen LogP contribution in [0.1, 0.15) is 32.0 Å². The summed E-state index contributed by atoms with van der Waals surface area (Å²) < 4.78 is 1.80. The largest absolute Gasteiger partial charge is 0.348 e. The van der Waals surface area contributed by atoms with Crippen LogP contribution in [0.4, 0.5) is 0 Å². The molecule has 2 N–H and O–H groups in total. The van der Waals surface area contributed by atoms with Gasteiger partial charge in [-0.1, -0.05) is 30.3 Å². The summed E-state index contributed by atoms with van der Waals surface area (Å²) in [5, 5.41) is 13.9. The van der Waals surface area contributed by atoms with E-state index in [1.807, 2.05) is 41.1 Å². The number of benzene rings is 1. The van der Waals surface area contributed by atoms with Crippen molar-refractivity contribution < 1.29 is 9.59 Å². The molecule has 0 bridgehead atoms. The number of fused-ring (bicyclic) bond motifs is 1. The molecule has 0 saturated heterocycles. The second-order valence-electron chi connectivity index (χ2n) is 6.24. The SMILES string of the molecule is O=C(N[C@H]1Cc2c(C(=O)NCc3ccccc3)cnn2C1)c1ccsc1.